The molecule has 2 rings (SSSR count). The van der Waals surface area contributed by atoms with Gasteiger partial charge in [0.25, 0.3) is 0 Å². The Hall–Kier alpha value is -0.810. The Morgan fingerprint density at radius 2 is 1.92 bits per heavy atom. The third kappa shape index (κ3) is 5.85. The molecule has 1 aliphatic rings. The van der Waals surface area contributed by atoms with Crippen molar-refractivity contribution >= 4 is 39.3 Å². The molecule has 5 heteroatoms. The molecule has 1 N–H and O–H groups in total. The van der Waals surface area contributed by atoms with Gasteiger partial charge in [-0.1, -0.05) is 43.1 Å². The van der Waals surface area contributed by atoms with Gasteiger partial charge in [-0.3, -0.25) is 4.79 Å². The van der Waals surface area contributed by atoms with Crippen LogP contribution in [0.1, 0.15) is 64.0 Å². The average Bonchev–Trinajstić information content (AvgIpc) is 2.62. The number of carbonyl (C=O) groups excluding carboxylic acids is 1. The minimum Gasteiger partial charge on any atom is -0.272 e. The number of hydrogen-bond acceptors (Lipinski definition) is 3. The van der Waals surface area contributed by atoms with Crippen LogP contribution in [0.3, 0.4) is 0 Å². The summed E-state index contributed by atoms with van der Waals surface area (Å²) in [6.07, 6.45) is 5.59. The number of amides is 1. The van der Waals surface area contributed by atoms with Crippen molar-refractivity contribution in [3.8, 4) is 0 Å². The molecule has 26 heavy (non-hydrogen) atoms. The van der Waals surface area contributed by atoms with Gasteiger partial charge in [0.2, 0.25) is 5.91 Å². The predicted octanol–water partition coefficient (Wildman–Crippen LogP) is 6.26. The van der Waals surface area contributed by atoms with Gasteiger partial charge >= 0.3 is 0 Å². The number of hydrogen-bond donors (Lipinski definition) is 1. The summed E-state index contributed by atoms with van der Waals surface area (Å²) in [6.45, 7) is 11.1. The van der Waals surface area contributed by atoms with Crippen molar-refractivity contribution in [1.29, 1.82) is 0 Å². The monoisotopic (exact) mass is 438 g/mol. The number of nitrogens with one attached hydrogen (secondary N) is 1. The summed E-state index contributed by atoms with van der Waals surface area (Å²) < 4.78 is 1.11. The van der Waals surface area contributed by atoms with E-state index in [4.69, 9.17) is 0 Å². The van der Waals surface area contributed by atoms with E-state index in [0.717, 1.165) is 33.8 Å². The number of hydrazone groups is 1. The van der Waals surface area contributed by atoms with E-state index >= 15 is 0 Å². The van der Waals surface area contributed by atoms with Gasteiger partial charge in [-0.05, 0) is 74.1 Å². The van der Waals surface area contributed by atoms with Gasteiger partial charge in [-0.25, -0.2) is 5.43 Å². The largest absolute Gasteiger partial charge is 0.272 e. The van der Waals surface area contributed by atoms with E-state index in [0.29, 0.717) is 11.2 Å². The summed E-state index contributed by atoms with van der Waals surface area (Å²) in [5.41, 5.74) is 6.67. The van der Waals surface area contributed by atoms with Crippen LogP contribution in [0.2, 0.25) is 0 Å². The van der Waals surface area contributed by atoms with E-state index < -0.39 is 0 Å². The van der Waals surface area contributed by atoms with E-state index in [9.17, 15) is 4.79 Å². The second-order valence-corrected chi connectivity index (χ2v) is 9.86. The Morgan fingerprint density at radius 3 is 2.54 bits per heavy atom. The first-order valence-electron chi connectivity index (χ1n) is 9.46. The Bertz CT molecular complexity index is 675. The first-order valence-corrected chi connectivity index (χ1v) is 11.2. The van der Waals surface area contributed by atoms with E-state index in [-0.39, 0.29) is 5.91 Å². The molecule has 1 aliphatic carbocycles. The van der Waals surface area contributed by atoms with E-state index in [1.54, 1.807) is 11.8 Å². The second-order valence-electron chi connectivity index (χ2n) is 7.98. The van der Waals surface area contributed by atoms with Gasteiger partial charge < -0.3 is 0 Å². The fourth-order valence-electron chi connectivity index (χ4n) is 3.36. The van der Waals surface area contributed by atoms with Crippen molar-refractivity contribution in [3.63, 3.8) is 0 Å². The molecule has 0 unspecified atom stereocenters. The van der Waals surface area contributed by atoms with E-state index in [2.05, 4.69) is 73.2 Å². The average molecular weight is 439 g/mol. The Kier molecular flexibility index (Phi) is 7.77. The minimum absolute atomic E-state index is 0.0292. The van der Waals surface area contributed by atoms with Crippen LogP contribution in [0, 0.1) is 25.2 Å². The molecule has 1 fully saturated rings. The van der Waals surface area contributed by atoms with Crippen molar-refractivity contribution in [3.05, 3.63) is 27.7 Å². The van der Waals surface area contributed by atoms with E-state index in [1.165, 1.54) is 30.4 Å². The summed E-state index contributed by atoms with van der Waals surface area (Å²) in [5.74, 6) is 1.13. The quantitative estimate of drug-likeness (QED) is 0.420. The van der Waals surface area contributed by atoms with Crippen molar-refractivity contribution in [2.24, 2.45) is 16.4 Å². The molecule has 0 spiro atoms. The number of halogens is 1. The number of thioether (sulfide) groups is 1. The van der Waals surface area contributed by atoms with Crippen LogP contribution in [0.15, 0.2) is 26.6 Å². The predicted molar refractivity (Wildman–Crippen MR) is 116 cm³/mol. The van der Waals surface area contributed by atoms with Gasteiger partial charge in [-0.2, -0.15) is 5.10 Å². The van der Waals surface area contributed by atoms with Crippen molar-refractivity contribution in [1.82, 2.24) is 5.43 Å². The first kappa shape index (κ1) is 21.5. The van der Waals surface area contributed by atoms with Crippen LogP contribution in [0.25, 0.3) is 0 Å². The Labute approximate surface area is 170 Å². The molecule has 1 aromatic carbocycles. The number of benzene rings is 1. The highest BCUT2D eigenvalue weighted by Gasteiger charge is 2.30. The maximum Gasteiger partial charge on any atom is 0.250 e. The maximum absolute atomic E-state index is 12.1. The van der Waals surface area contributed by atoms with Gasteiger partial charge in [0.15, 0.2) is 0 Å². The fourth-order valence-corrected chi connectivity index (χ4v) is 4.72. The molecule has 0 aliphatic heterocycles. The highest BCUT2D eigenvalue weighted by atomic mass is 79.9. The van der Waals surface area contributed by atoms with Gasteiger partial charge in [-0.15, -0.1) is 11.8 Å². The number of rotatable bonds is 6. The summed E-state index contributed by atoms with van der Waals surface area (Å²) >= 11 is 5.11. The highest BCUT2D eigenvalue weighted by Crippen LogP contribution is 2.39. The van der Waals surface area contributed by atoms with Crippen LogP contribution in [-0.2, 0) is 4.79 Å². The standard InChI is InChI=1S/C21H31BrN2OS/c1-6-21(4,5)16-7-9-17(10-8-16)23-24-20(25)13-26-19-12-14(2)18(22)11-15(19)3/h11-12,16H,6-10,13H2,1-5H3,(H,24,25). The zero-order valence-corrected chi connectivity index (χ0v) is 19.0. The molecule has 0 heterocycles. The lowest BCUT2D eigenvalue weighted by Gasteiger charge is -2.36. The Balaban J connectivity index is 1.81. The zero-order valence-electron chi connectivity index (χ0n) is 16.6. The normalized spacial score (nSPS) is 17.9. The topological polar surface area (TPSA) is 41.5 Å². The number of nitrogens with zero attached hydrogens (tertiary/aromatic N) is 1. The number of carbonyl (C=O) groups is 1. The molecule has 0 atom stereocenters. The third-order valence-corrected chi connectivity index (χ3v) is 7.74. The van der Waals surface area contributed by atoms with Crippen LogP contribution in [0.5, 0.6) is 0 Å². The molecular formula is C21H31BrN2OS. The lowest BCUT2D eigenvalue weighted by molar-refractivity contribution is -0.118. The zero-order chi connectivity index (χ0) is 19.3. The van der Waals surface area contributed by atoms with Gasteiger partial charge in [0, 0.05) is 15.1 Å². The molecule has 0 aromatic heterocycles. The molecule has 0 radical (unpaired) electrons. The van der Waals surface area contributed by atoms with Crippen LogP contribution < -0.4 is 5.43 Å². The van der Waals surface area contributed by atoms with Crippen LogP contribution >= 0.6 is 27.7 Å². The van der Waals surface area contributed by atoms with Crippen molar-refractivity contribution < 1.29 is 4.79 Å². The molecule has 144 valence electrons. The van der Waals surface area contributed by atoms with Crippen molar-refractivity contribution in [2.45, 2.75) is 71.6 Å². The SMILES string of the molecule is CCC(C)(C)C1CCC(=NNC(=O)CSc2cc(C)c(Br)cc2C)CC1. The maximum atomic E-state index is 12.1. The molecule has 0 saturated heterocycles. The molecular weight excluding hydrogens is 408 g/mol. The summed E-state index contributed by atoms with van der Waals surface area (Å²) in [4.78, 5) is 13.3. The lowest BCUT2D eigenvalue weighted by Crippen LogP contribution is -2.29. The second kappa shape index (κ2) is 9.41. The number of aryl methyl sites for hydroxylation is 2. The van der Waals surface area contributed by atoms with Gasteiger partial charge in [0.1, 0.15) is 0 Å². The Morgan fingerprint density at radius 1 is 1.27 bits per heavy atom. The smallest absolute Gasteiger partial charge is 0.250 e. The van der Waals surface area contributed by atoms with Crippen LogP contribution in [0.4, 0.5) is 0 Å². The molecule has 1 amide bonds. The third-order valence-electron chi connectivity index (χ3n) is 5.73. The molecule has 0 bridgehead atoms. The lowest BCUT2D eigenvalue weighted by atomic mass is 9.69. The summed E-state index contributed by atoms with van der Waals surface area (Å²) in [6, 6.07) is 4.23. The molecule has 1 aromatic rings. The fraction of sp³-hybridized carbons (Fsp3) is 0.619. The molecule has 3 nitrogen and oxygen atoms in total. The van der Waals surface area contributed by atoms with E-state index in [1.807, 2.05) is 0 Å². The van der Waals surface area contributed by atoms with Gasteiger partial charge in [0.05, 0.1) is 5.75 Å². The van der Waals surface area contributed by atoms with Crippen LogP contribution in [-0.4, -0.2) is 17.4 Å². The summed E-state index contributed by atoms with van der Waals surface area (Å²) in [7, 11) is 0. The summed E-state index contributed by atoms with van der Waals surface area (Å²) in [5, 5.41) is 4.39. The van der Waals surface area contributed by atoms with Crippen molar-refractivity contribution in [2.75, 3.05) is 5.75 Å². The first-order chi connectivity index (χ1) is 12.2. The highest BCUT2D eigenvalue weighted by molar-refractivity contribution is 9.10. The minimum atomic E-state index is -0.0292. The molecule has 1 saturated carbocycles.